The number of rotatable bonds is 20. The van der Waals surface area contributed by atoms with Gasteiger partial charge in [0.1, 0.15) is 5.56 Å². The number of carbonyl (C=O) groups excluding carboxylic acids is 3. The van der Waals surface area contributed by atoms with E-state index >= 15 is 0 Å². The van der Waals surface area contributed by atoms with Gasteiger partial charge in [-0.3, -0.25) is 39.8 Å². The highest BCUT2D eigenvalue weighted by Crippen LogP contribution is 2.28. The summed E-state index contributed by atoms with van der Waals surface area (Å²) in [6.07, 6.45) is 11.0. The van der Waals surface area contributed by atoms with Gasteiger partial charge in [0, 0.05) is 42.9 Å². The molecule has 0 unspecified atom stereocenters. The summed E-state index contributed by atoms with van der Waals surface area (Å²) >= 11 is 0. The van der Waals surface area contributed by atoms with E-state index in [-0.39, 0.29) is 23.3 Å². The molecule has 50 heavy (non-hydrogen) atoms. The first-order chi connectivity index (χ1) is 24.2. The zero-order valence-corrected chi connectivity index (χ0v) is 28.9. The number of hydroxylamine groups is 1. The monoisotopic (exact) mass is 703 g/mol. The van der Waals surface area contributed by atoms with Gasteiger partial charge in [0.25, 0.3) is 21.8 Å². The minimum absolute atomic E-state index is 0.0111. The van der Waals surface area contributed by atoms with Crippen LogP contribution in [0, 0.1) is 13.8 Å². The maximum atomic E-state index is 13.3. The SMILES string of the molecule is Cc1ccc(S(=O)(=O)Nc2ccc(NNC=O)cc2)c(C)c1NC(=O)C[n+]1cccc(C(=O)NCCCCCCNOCc2cccnc2)c1. The van der Waals surface area contributed by atoms with Gasteiger partial charge < -0.3 is 10.6 Å². The van der Waals surface area contributed by atoms with Crippen LogP contribution < -0.4 is 36.3 Å². The Kier molecular flexibility index (Phi) is 14.2. The highest BCUT2D eigenvalue weighted by Gasteiger charge is 2.22. The molecule has 0 aliphatic heterocycles. The number of hydrazine groups is 1. The van der Waals surface area contributed by atoms with Crippen molar-refractivity contribution in [3.63, 3.8) is 0 Å². The van der Waals surface area contributed by atoms with Crippen LogP contribution in [0.25, 0.3) is 0 Å². The van der Waals surface area contributed by atoms with Crippen LogP contribution >= 0.6 is 0 Å². The van der Waals surface area contributed by atoms with Gasteiger partial charge >= 0.3 is 0 Å². The molecule has 4 rings (SSSR count). The summed E-state index contributed by atoms with van der Waals surface area (Å²) in [7, 11) is -4.00. The van der Waals surface area contributed by atoms with E-state index in [0.29, 0.717) is 53.3 Å². The van der Waals surface area contributed by atoms with Crippen LogP contribution in [0.5, 0.6) is 0 Å². The van der Waals surface area contributed by atoms with Gasteiger partial charge in [0.15, 0.2) is 12.4 Å². The summed E-state index contributed by atoms with van der Waals surface area (Å²) in [4.78, 5) is 45.8. The van der Waals surface area contributed by atoms with Gasteiger partial charge in [-0.05, 0) is 85.8 Å². The first kappa shape index (κ1) is 37.4. The molecule has 0 aliphatic rings. The quantitative estimate of drug-likeness (QED) is 0.0347. The van der Waals surface area contributed by atoms with E-state index in [4.69, 9.17) is 4.84 Å². The van der Waals surface area contributed by atoms with Crippen molar-refractivity contribution < 1.29 is 32.2 Å². The fraction of sp³-hybridized carbons (Fsp3) is 0.286. The molecule has 0 radical (unpaired) electrons. The smallest absolute Gasteiger partial charge is 0.290 e. The number of nitrogens with zero attached hydrogens (tertiary/aromatic N) is 2. The minimum Gasteiger partial charge on any atom is -0.352 e. The summed E-state index contributed by atoms with van der Waals surface area (Å²) in [5, 5.41) is 5.78. The Balaban J connectivity index is 1.22. The van der Waals surface area contributed by atoms with Gasteiger partial charge in [-0.15, -0.1) is 0 Å². The Morgan fingerprint density at radius 1 is 0.920 bits per heavy atom. The second-order valence-corrected chi connectivity index (χ2v) is 13.1. The lowest BCUT2D eigenvalue weighted by atomic mass is 10.1. The third kappa shape index (κ3) is 11.6. The van der Waals surface area contributed by atoms with Crippen molar-refractivity contribution in [3.8, 4) is 0 Å². The Labute approximate surface area is 292 Å². The molecule has 0 aliphatic carbocycles. The van der Waals surface area contributed by atoms with Crippen LogP contribution in [-0.2, 0) is 37.6 Å². The molecule has 0 atom stereocenters. The number of amides is 3. The largest absolute Gasteiger partial charge is 0.352 e. The number of anilines is 3. The number of carbonyl (C=O) groups is 3. The van der Waals surface area contributed by atoms with Crippen molar-refractivity contribution in [2.24, 2.45) is 0 Å². The van der Waals surface area contributed by atoms with Crippen molar-refractivity contribution >= 4 is 45.3 Å². The van der Waals surface area contributed by atoms with E-state index in [1.54, 1.807) is 85.7 Å². The van der Waals surface area contributed by atoms with Crippen molar-refractivity contribution in [3.05, 3.63) is 108 Å². The number of hydrogen-bond donors (Lipinski definition) is 6. The Hall–Kier alpha value is -5.38. The number of aromatic nitrogens is 2. The molecular formula is C35H43N8O6S+. The number of unbranched alkanes of at least 4 members (excludes halogenated alkanes) is 3. The molecule has 264 valence electrons. The lowest BCUT2D eigenvalue weighted by Gasteiger charge is -2.16. The molecule has 3 amide bonds. The average molecular weight is 704 g/mol. The molecule has 0 saturated heterocycles. The fourth-order valence-corrected chi connectivity index (χ4v) is 6.33. The fourth-order valence-electron chi connectivity index (χ4n) is 5.03. The molecule has 14 nitrogen and oxygen atoms in total. The van der Waals surface area contributed by atoms with Crippen LogP contribution in [0.2, 0.25) is 0 Å². The summed E-state index contributed by atoms with van der Waals surface area (Å²) in [6, 6.07) is 16.6. The maximum absolute atomic E-state index is 13.3. The summed E-state index contributed by atoms with van der Waals surface area (Å²) < 4.78 is 30.7. The van der Waals surface area contributed by atoms with Crippen molar-refractivity contribution in [1.29, 1.82) is 0 Å². The summed E-state index contributed by atoms with van der Waals surface area (Å²) in [6.45, 7) is 5.05. The van der Waals surface area contributed by atoms with Gasteiger partial charge in [-0.1, -0.05) is 25.0 Å². The Morgan fingerprint density at radius 3 is 2.42 bits per heavy atom. The molecule has 0 fully saturated rings. The maximum Gasteiger partial charge on any atom is 0.290 e. The topological polar surface area (TPSA) is 184 Å². The van der Waals surface area contributed by atoms with E-state index in [2.05, 4.69) is 36.7 Å². The van der Waals surface area contributed by atoms with Crippen molar-refractivity contribution in [1.82, 2.24) is 21.2 Å². The van der Waals surface area contributed by atoms with Gasteiger partial charge in [-0.25, -0.2) is 13.9 Å². The van der Waals surface area contributed by atoms with Crippen LogP contribution in [0.15, 0.2) is 90.3 Å². The van der Waals surface area contributed by atoms with E-state index in [0.717, 1.165) is 37.8 Å². The standard InChI is InChI=1S/C35H42N8O6S/c1-26-11-16-32(50(47,48)42-31-14-12-30(13-15-31)41-38-25-44)27(2)34(26)40-33(45)23-43-20-8-10-29(22-43)35(46)37-18-5-3-4-6-19-39-49-24-28-9-7-17-36-21-28/h7-17,20-22,25,39,41-42H,3-6,18-19,23-24H2,1-2H3,(H2-,37,38,40,44,45,46)/p+1. The minimum atomic E-state index is -4.00. The first-order valence-corrected chi connectivity index (χ1v) is 17.6. The molecular weight excluding hydrogens is 661 g/mol. The van der Waals surface area contributed by atoms with Gasteiger partial charge in [-0.2, -0.15) is 4.57 Å². The molecule has 2 heterocycles. The number of aryl methyl sites for hydroxylation is 1. The predicted molar refractivity (Wildman–Crippen MR) is 189 cm³/mol. The lowest BCUT2D eigenvalue weighted by molar-refractivity contribution is -0.684. The molecule has 0 spiro atoms. The highest BCUT2D eigenvalue weighted by molar-refractivity contribution is 7.92. The third-order valence-electron chi connectivity index (χ3n) is 7.59. The lowest BCUT2D eigenvalue weighted by Crippen LogP contribution is -2.41. The van der Waals surface area contributed by atoms with E-state index in [1.165, 1.54) is 6.07 Å². The molecule has 6 N–H and O–H groups in total. The number of hydrogen-bond acceptors (Lipinski definition) is 9. The van der Waals surface area contributed by atoms with Crippen LogP contribution in [0.3, 0.4) is 0 Å². The van der Waals surface area contributed by atoms with Crippen LogP contribution in [0.4, 0.5) is 17.1 Å². The molecule has 4 aromatic rings. The van der Waals surface area contributed by atoms with Gasteiger partial charge in [0.05, 0.1) is 17.2 Å². The second-order valence-electron chi connectivity index (χ2n) is 11.5. The summed E-state index contributed by atoms with van der Waals surface area (Å²) in [5.41, 5.74) is 11.7. The molecule has 2 aromatic carbocycles. The van der Waals surface area contributed by atoms with Crippen LogP contribution in [-0.4, -0.2) is 44.7 Å². The average Bonchev–Trinajstić information content (AvgIpc) is 3.10. The Morgan fingerprint density at radius 2 is 1.68 bits per heavy atom. The van der Waals surface area contributed by atoms with Crippen molar-refractivity contribution in [2.45, 2.75) is 57.6 Å². The zero-order valence-electron chi connectivity index (χ0n) is 28.1. The predicted octanol–water partition coefficient (Wildman–Crippen LogP) is 3.51. The molecule has 2 aromatic heterocycles. The van der Waals surface area contributed by atoms with Gasteiger partial charge in [0.2, 0.25) is 13.0 Å². The first-order valence-electron chi connectivity index (χ1n) is 16.2. The second kappa shape index (κ2) is 19.0. The number of sulfonamides is 1. The normalized spacial score (nSPS) is 11.0. The van der Waals surface area contributed by atoms with E-state index < -0.39 is 10.0 Å². The number of nitrogens with one attached hydrogen (secondary N) is 6. The Bertz CT molecular complexity index is 1840. The molecule has 15 heteroatoms. The molecule has 0 bridgehead atoms. The zero-order chi connectivity index (χ0) is 35.8. The number of pyridine rings is 2. The van der Waals surface area contributed by atoms with E-state index in [9.17, 15) is 22.8 Å². The highest BCUT2D eigenvalue weighted by atomic mass is 32.2. The number of benzene rings is 2. The van der Waals surface area contributed by atoms with Crippen molar-refractivity contribution in [2.75, 3.05) is 28.6 Å². The third-order valence-corrected chi connectivity index (χ3v) is 9.12. The molecule has 0 saturated carbocycles. The summed E-state index contributed by atoms with van der Waals surface area (Å²) in [5.74, 6) is -0.615. The van der Waals surface area contributed by atoms with E-state index in [1.807, 2.05) is 12.1 Å². The van der Waals surface area contributed by atoms with Crippen LogP contribution in [0.1, 0.15) is 52.7 Å².